The average Bonchev–Trinajstić information content (AvgIpc) is 2.26. The van der Waals surface area contributed by atoms with E-state index < -0.39 is 0 Å². The lowest BCUT2D eigenvalue weighted by atomic mass is 10.2. The zero-order valence-corrected chi connectivity index (χ0v) is 11.3. The quantitative estimate of drug-likeness (QED) is 0.373. The van der Waals surface area contributed by atoms with E-state index in [-0.39, 0.29) is 0 Å². The summed E-state index contributed by atoms with van der Waals surface area (Å²) in [5.74, 6) is 1.22. The van der Waals surface area contributed by atoms with E-state index in [1.54, 1.807) is 0 Å². The summed E-state index contributed by atoms with van der Waals surface area (Å²) in [5, 5.41) is 0. The fourth-order valence-electron chi connectivity index (χ4n) is 1.29. The van der Waals surface area contributed by atoms with Crippen LogP contribution in [-0.4, -0.2) is 5.75 Å². The van der Waals surface area contributed by atoms with Crippen LogP contribution in [0.15, 0.2) is 46.3 Å². The van der Waals surface area contributed by atoms with Crippen molar-refractivity contribution in [3.63, 3.8) is 0 Å². The molecule has 0 aliphatic rings. The summed E-state index contributed by atoms with van der Waals surface area (Å²) in [6.45, 7) is 3.72. The number of benzene rings is 1. The highest BCUT2D eigenvalue weighted by Gasteiger charge is 1.94. The third-order valence-electron chi connectivity index (χ3n) is 2.13. The van der Waals surface area contributed by atoms with E-state index in [0.29, 0.717) is 0 Å². The third-order valence-corrected chi connectivity index (χ3v) is 3.76. The van der Waals surface area contributed by atoms with Gasteiger partial charge in [0.25, 0.3) is 0 Å². The molecule has 0 heterocycles. The van der Waals surface area contributed by atoms with Crippen molar-refractivity contribution in [1.29, 1.82) is 0 Å². The molecule has 0 bridgehead atoms. The summed E-state index contributed by atoms with van der Waals surface area (Å²) in [5.41, 5.74) is 0. The van der Waals surface area contributed by atoms with Crippen LogP contribution in [0.2, 0.25) is 0 Å². The molecule has 0 aliphatic carbocycles. The highest BCUT2D eigenvalue weighted by Crippen LogP contribution is 2.21. The van der Waals surface area contributed by atoms with Crippen LogP contribution in [0.4, 0.5) is 0 Å². The maximum absolute atomic E-state index is 3.72. The minimum atomic E-state index is 1.15. The van der Waals surface area contributed by atoms with Crippen LogP contribution >= 0.6 is 27.7 Å². The lowest BCUT2D eigenvalue weighted by Crippen LogP contribution is -1.81. The molecule has 0 aromatic heterocycles. The lowest BCUT2D eigenvalue weighted by Gasteiger charge is -2.01. The van der Waals surface area contributed by atoms with Gasteiger partial charge in [0, 0.05) is 9.37 Å². The van der Waals surface area contributed by atoms with E-state index in [1.807, 2.05) is 17.8 Å². The van der Waals surface area contributed by atoms with Gasteiger partial charge in [-0.05, 0) is 49.3 Å². The number of thioether (sulfide) groups is 1. The molecule has 1 rings (SSSR count). The van der Waals surface area contributed by atoms with Gasteiger partial charge in [0.15, 0.2) is 0 Å². The van der Waals surface area contributed by atoms with Gasteiger partial charge in [0.05, 0.1) is 0 Å². The van der Waals surface area contributed by atoms with Gasteiger partial charge in [-0.15, -0.1) is 18.3 Å². The fraction of sp³-hybridized carbons (Fsp3) is 0.385. The molecule has 0 atom stereocenters. The maximum atomic E-state index is 3.72. The zero-order chi connectivity index (χ0) is 10.9. The van der Waals surface area contributed by atoms with Crippen molar-refractivity contribution < 1.29 is 0 Å². The van der Waals surface area contributed by atoms with Gasteiger partial charge in [-0.25, -0.2) is 0 Å². The minimum absolute atomic E-state index is 1.15. The smallest absolute Gasteiger partial charge is 0.0176 e. The van der Waals surface area contributed by atoms with Crippen LogP contribution < -0.4 is 0 Å². The second-order valence-electron chi connectivity index (χ2n) is 3.44. The Bertz CT molecular complexity index is 279. The molecule has 0 N–H and O–H groups in total. The standard InChI is InChI=1S/C13H17BrS/c1-2-3-4-5-6-11-15-13-9-7-12(14)8-10-13/h2,7-10H,1,3-6,11H2. The van der Waals surface area contributed by atoms with Crippen molar-refractivity contribution in [2.24, 2.45) is 0 Å². The summed E-state index contributed by atoms with van der Waals surface area (Å²) in [4.78, 5) is 1.36. The Labute approximate surface area is 105 Å². The van der Waals surface area contributed by atoms with Gasteiger partial charge < -0.3 is 0 Å². The normalized spacial score (nSPS) is 10.2. The number of allylic oxidation sites excluding steroid dienone is 1. The Morgan fingerprint density at radius 2 is 1.87 bits per heavy atom. The van der Waals surface area contributed by atoms with E-state index >= 15 is 0 Å². The lowest BCUT2D eigenvalue weighted by molar-refractivity contribution is 0.735. The molecular weight excluding hydrogens is 268 g/mol. The first-order valence-electron chi connectivity index (χ1n) is 5.32. The van der Waals surface area contributed by atoms with Crippen LogP contribution in [0, 0.1) is 0 Å². The van der Waals surface area contributed by atoms with Gasteiger partial charge in [-0.2, -0.15) is 0 Å². The highest BCUT2D eigenvalue weighted by molar-refractivity contribution is 9.10. The molecule has 0 spiro atoms. The molecule has 1 aromatic carbocycles. The fourth-order valence-corrected chi connectivity index (χ4v) is 2.47. The van der Waals surface area contributed by atoms with Crippen LogP contribution in [0.1, 0.15) is 25.7 Å². The second kappa shape index (κ2) is 8.00. The molecule has 0 saturated heterocycles. The Hall–Kier alpha value is -0.210. The average molecular weight is 285 g/mol. The number of unbranched alkanes of at least 4 members (excludes halogenated alkanes) is 3. The van der Waals surface area contributed by atoms with E-state index in [9.17, 15) is 0 Å². The summed E-state index contributed by atoms with van der Waals surface area (Å²) in [6, 6.07) is 8.52. The van der Waals surface area contributed by atoms with Gasteiger partial charge in [-0.3, -0.25) is 0 Å². The molecule has 1 aromatic rings. The van der Waals surface area contributed by atoms with Crippen LogP contribution in [0.5, 0.6) is 0 Å². The number of rotatable bonds is 7. The predicted octanol–water partition coefficient (Wildman–Crippen LogP) is 5.29. The summed E-state index contributed by atoms with van der Waals surface area (Å²) in [6.07, 6.45) is 7.05. The SMILES string of the molecule is C=CCCCCCSc1ccc(Br)cc1. The first kappa shape index (κ1) is 12.9. The van der Waals surface area contributed by atoms with Crippen molar-refractivity contribution in [1.82, 2.24) is 0 Å². The molecular formula is C13H17BrS. The van der Waals surface area contributed by atoms with E-state index in [2.05, 4.69) is 46.8 Å². The Morgan fingerprint density at radius 3 is 2.53 bits per heavy atom. The molecule has 0 nitrogen and oxygen atoms in total. The predicted molar refractivity (Wildman–Crippen MR) is 73.5 cm³/mol. The number of hydrogen-bond donors (Lipinski definition) is 0. The largest absolute Gasteiger partial charge is 0.126 e. The first-order valence-corrected chi connectivity index (χ1v) is 7.10. The van der Waals surface area contributed by atoms with Gasteiger partial charge >= 0.3 is 0 Å². The third kappa shape index (κ3) is 6.06. The Morgan fingerprint density at radius 1 is 1.13 bits per heavy atom. The summed E-state index contributed by atoms with van der Waals surface area (Å²) < 4.78 is 1.15. The summed E-state index contributed by atoms with van der Waals surface area (Å²) in [7, 11) is 0. The molecule has 0 radical (unpaired) electrons. The van der Waals surface area contributed by atoms with Gasteiger partial charge in [-0.1, -0.05) is 28.4 Å². The number of halogens is 1. The monoisotopic (exact) mass is 284 g/mol. The summed E-state index contributed by atoms with van der Waals surface area (Å²) >= 11 is 5.38. The van der Waals surface area contributed by atoms with Crippen LogP contribution in [0.3, 0.4) is 0 Å². The first-order chi connectivity index (χ1) is 7.33. The Kier molecular flexibility index (Phi) is 6.86. The topological polar surface area (TPSA) is 0 Å². The van der Waals surface area contributed by atoms with E-state index in [4.69, 9.17) is 0 Å². The number of hydrogen-bond acceptors (Lipinski definition) is 1. The van der Waals surface area contributed by atoms with E-state index in [1.165, 1.54) is 29.9 Å². The molecule has 0 unspecified atom stereocenters. The van der Waals surface area contributed by atoms with Crippen molar-refractivity contribution in [3.05, 3.63) is 41.4 Å². The molecule has 0 amide bonds. The zero-order valence-electron chi connectivity index (χ0n) is 8.92. The van der Waals surface area contributed by atoms with Crippen LogP contribution in [-0.2, 0) is 0 Å². The molecule has 15 heavy (non-hydrogen) atoms. The van der Waals surface area contributed by atoms with Crippen molar-refractivity contribution in [3.8, 4) is 0 Å². The second-order valence-corrected chi connectivity index (χ2v) is 5.52. The van der Waals surface area contributed by atoms with Gasteiger partial charge in [0.1, 0.15) is 0 Å². The maximum Gasteiger partial charge on any atom is 0.0176 e. The Balaban J connectivity index is 2.09. The molecule has 0 saturated carbocycles. The van der Waals surface area contributed by atoms with Crippen molar-refractivity contribution >= 4 is 27.7 Å². The van der Waals surface area contributed by atoms with Crippen molar-refractivity contribution in [2.75, 3.05) is 5.75 Å². The van der Waals surface area contributed by atoms with Gasteiger partial charge in [0.2, 0.25) is 0 Å². The molecule has 2 heteroatoms. The van der Waals surface area contributed by atoms with Crippen LogP contribution in [0.25, 0.3) is 0 Å². The highest BCUT2D eigenvalue weighted by atomic mass is 79.9. The van der Waals surface area contributed by atoms with E-state index in [0.717, 1.165) is 10.9 Å². The molecule has 82 valence electrons. The van der Waals surface area contributed by atoms with Crippen molar-refractivity contribution in [2.45, 2.75) is 30.6 Å². The molecule has 0 aliphatic heterocycles. The minimum Gasteiger partial charge on any atom is -0.126 e. The molecule has 0 fully saturated rings.